The van der Waals surface area contributed by atoms with Crippen molar-refractivity contribution in [2.45, 2.75) is 40.4 Å². The lowest BCUT2D eigenvalue weighted by atomic mass is 10.2. The number of ether oxygens (including phenoxy) is 1. The number of hydrogen-bond acceptors (Lipinski definition) is 3. The molecule has 0 bridgehead atoms. The number of aromatic nitrogens is 1. The molecule has 1 rings (SSSR count). The summed E-state index contributed by atoms with van der Waals surface area (Å²) in [5, 5.41) is 1.14. The van der Waals surface area contributed by atoms with E-state index in [1.54, 1.807) is 0 Å². The van der Waals surface area contributed by atoms with Gasteiger partial charge in [-0.2, -0.15) is 0 Å². The maximum absolute atomic E-state index is 12.0. The summed E-state index contributed by atoms with van der Waals surface area (Å²) in [6.45, 7) is 12.7. The molecule has 4 heteroatoms. The topological polar surface area (TPSA) is 39.2 Å². The first-order chi connectivity index (χ1) is 7.77. The summed E-state index contributed by atoms with van der Waals surface area (Å²) < 4.78 is 5.13. The molecule has 0 aliphatic heterocycles. The second-order valence-corrected chi connectivity index (χ2v) is 10.3. The van der Waals surface area contributed by atoms with E-state index in [2.05, 4.69) is 24.6 Å². The Morgan fingerprint density at radius 1 is 1.35 bits per heavy atom. The molecule has 0 radical (unpaired) electrons. The van der Waals surface area contributed by atoms with Gasteiger partial charge in [0.15, 0.2) is 0 Å². The molecule has 17 heavy (non-hydrogen) atoms. The monoisotopic (exact) mass is 251 g/mol. The first-order valence-corrected chi connectivity index (χ1v) is 9.43. The Balaban J connectivity index is 3.41. The molecule has 0 spiro atoms. The zero-order valence-corrected chi connectivity index (χ0v) is 12.5. The van der Waals surface area contributed by atoms with Gasteiger partial charge < -0.3 is 4.74 Å². The van der Waals surface area contributed by atoms with Gasteiger partial charge in [0, 0.05) is 5.69 Å². The minimum absolute atomic E-state index is 0.241. The van der Waals surface area contributed by atoms with Crippen LogP contribution in [0.1, 0.15) is 28.7 Å². The van der Waals surface area contributed by atoms with Gasteiger partial charge in [-0.3, -0.25) is 4.98 Å². The van der Waals surface area contributed by atoms with E-state index in [-0.39, 0.29) is 5.97 Å². The molecule has 0 saturated carbocycles. The fourth-order valence-electron chi connectivity index (χ4n) is 1.88. The van der Waals surface area contributed by atoms with Crippen LogP contribution in [0.5, 0.6) is 0 Å². The van der Waals surface area contributed by atoms with Gasteiger partial charge in [-0.1, -0.05) is 19.6 Å². The fraction of sp³-hybridized carbons (Fsp3) is 0.538. The summed E-state index contributed by atoms with van der Waals surface area (Å²) in [7, 11) is -1.57. The van der Waals surface area contributed by atoms with Crippen molar-refractivity contribution in [2.75, 3.05) is 6.61 Å². The maximum Gasteiger partial charge on any atom is 0.339 e. The quantitative estimate of drug-likeness (QED) is 0.612. The Kier molecular flexibility index (Phi) is 4.09. The third-order valence-electron chi connectivity index (χ3n) is 2.62. The second kappa shape index (κ2) is 5.00. The van der Waals surface area contributed by atoms with Crippen molar-refractivity contribution in [2.24, 2.45) is 0 Å². The molecule has 94 valence electrons. The van der Waals surface area contributed by atoms with Gasteiger partial charge in [-0.05, 0) is 32.0 Å². The van der Waals surface area contributed by atoms with Crippen LogP contribution in [0.2, 0.25) is 19.6 Å². The molecule has 0 unspecified atom stereocenters. The second-order valence-electron chi connectivity index (χ2n) is 5.24. The molecule has 1 aromatic heterocycles. The molecule has 1 heterocycles. The molecule has 0 N–H and O–H groups in total. The number of pyridine rings is 1. The molecule has 1 aromatic rings. The average Bonchev–Trinajstić information content (AvgIpc) is 2.15. The lowest BCUT2D eigenvalue weighted by molar-refractivity contribution is 0.0526. The Morgan fingerprint density at radius 3 is 2.41 bits per heavy atom. The van der Waals surface area contributed by atoms with Crippen molar-refractivity contribution < 1.29 is 9.53 Å². The van der Waals surface area contributed by atoms with Crippen molar-refractivity contribution >= 4 is 19.2 Å². The van der Waals surface area contributed by atoms with Gasteiger partial charge >= 0.3 is 5.97 Å². The highest BCUT2D eigenvalue weighted by Gasteiger charge is 2.26. The highest BCUT2D eigenvalue weighted by atomic mass is 28.3. The van der Waals surface area contributed by atoms with Crippen LogP contribution in [0, 0.1) is 13.8 Å². The summed E-state index contributed by atoms with van der Waals surface area (Å²) in [6.07, 6.45) is 0. The fourth-order valence-corrected chi connectivity index (χ4v) is 3.56. The summed E-state index contributed by atoms with van der Waals surface area (Å²) in [6, 6.07) is 2.03. The molecular weight excluding hydrogens is 230 g/mol. The Labute approximate surface area is 104 Å². The van der Waals surface area contributed by atoms with E-state index in [0.29, 0.717) is 12.2 Å². The van der Waals surface area contributed by atoms with E-state index in [1.165, 1.54) is 0 Å². The van der Waals surface area contributed by atoms with E-state index in [9.17, 15) is 4.79 Å². The van der Waals surface area contributed by atoms with Crippen molar-refractivity contribution in [1.29, 1.82) is 0 Å². The van der Waals surface area contributed by atoms with Gasteiger partial charge in [0.1, 0.15) is 0 Å². The van der Waals surface area contributed by atoms with Crippen molar-refractivity contribution in [1.82, 2.24) is 4.98 Å². The summed E-state index contributed by atoms with van der Waals surface area (Å²) in [5.74, 6) is -0.241. The number of esters is 1. The standard InChI is InChI=1S/C13H21NO2Si/c1-7-16-13(15)12-10(3)14-9(2)8-11(12)17(4,5)6/h8H,7H2,1-6H3. The summed E-state index contributed by atoms with van der Waals surface area (Å²) in [4.78, 5) is 16.4. The molecule has 0 saturated heterocycles. The molecule has 0 atom stereocenters. The van der Waals surface area contributed by atoms with Gasteiger partial charge in [0.2, 0.25) is 0 Å². The van der Waals surface area contributed by atoms with E-state index < -0.39 is 8.07 Å². The largest absolute Gasteiger partial charge is 0.462 e. The Bertz CT molecular complexity index is 436. The summed E-state index contributed by atoms with van der Waals surface area (Å²) in [5.41, 5.74) is 2.42. The van der Waals surface area contributed by atoms with Crippen LogP contribution >= 0.6 is 0 Å². The minimum atomic E-state index is -1.57. The van der Waals surface area contributed by atoms with E-state index >= 15 is 0 Å². The van der Waals surface area contributed by atoms with Crippen LogP contribution in [0.25, 0.3) is 0 Å². The van der Waals surface area contributed by atoms with E-state index in [4.69, 9.17) is 4.74 Å². The molecule has 0 aromatic carbocycles. The lowest BCUT2D eigenvalue weighted by Crippen LogP contribution is -2.42. The highest BCUT2D eigenvalue weighted by Crippen LogP contribution is 2.13. The number of carbonyl (C=O) groups excluding carboxylic acids is 1. The predicted molar refractivity (Wildman–Crippen MR) is 72.6 cm³/mol. The third-order valence-corrected chi connectivity index (χ3v) is 4.63. The number of nitrogens with zero attached hydrogens (tertiary/aromatic N) is 1. The minimum Gasteiger partial charge on any atom is -0.462 e. The third kappa shape index (κ3) is 3.16. The van der Waals surface area contributed by atoms with Crippen molar-refractivity contribution in [3.05, 3.63) is 23.0 Å². The zero-order chi connectivity index (χ0) is 13.2. The van der Waals surface area contributed by atoms with Crippen LogP contribution in [0.4, 0.5) is 0 Å². The predicted octanol–water partition coefficient (Wildman–Crippen LogP) is 2.42. The van der Waals surface area contributed by atoms with Crippen LogP contribution in [-0.2, 0) is 4.74 Å². The molecule has 3 nitrogen and oxygen atoms in total. The lowest BCUT2D eigenvalue weighted by Gasteiger charge is -2.21. The Morgan fingerprint density at radius 2 is 1.94 bits per heavy atom. The van der Waals surface area contributed by atoms with Crippen LogP contribution in [0.15, 0.2) is 6.07 Å². The van der Waals surface area contributed by atoms with Gasteiger partial charge in [-0.15, -0.1) is 0 Å². The number of carbonyl (C=O) groups is 1. The van der Waals surface area contributed by atoms with Gasteiger partial charge in [0.25, 0.3) is 0 Å². The van der Waals surface area contributed by atoms with Crippen molar-refractivity contribution in [3.8, 4) is 0 Å². The molecule has 0 amide bonds. The van der Waals surface area contributed by atoms with Crippen LogP contribution in [0.3, 0.4) is 0 Å². The van der Waals surface area contributed by atoms with Crippen molar-refractivity contribution in [3.63, 3.8) is 0 Å². The molecule has 0 aliphatic rings. The molecule has 0 aliphatic carbocycles. The van der Waals surface area contributed by atoms with E-state index in [0.717, 1.165) is 16.6 Å². The van der Waals surface area contributed by atoms with Crippen LogP contribution < -0.4 is 5.19 Å². The number of hydrogen-bond donors (Lipinski definition) is 0. The van der Waals surface area contributed by atoms with Crippen LogP contribution in [-0.4, -0.2) is 25.6 Å². The van der Waals surface area contributed by atoms with Gasteiger partial charge in [-0.25, -0.2) is 4.79 Å². The Hall–Kier alpha value is -1.16. The highest BCUT2D eigenvalue weighted by molar-refractivity contribution is 6.89. The zero-order valence-electron chi connectivity index (χ0n) is 11.5. The van der Waals surface area contributed by atoms with Gasteiger partial charge in [0.05, 0.1) is 25.9 Å². The molecular formula is C13H21NO2Si. The summed E-state index contributed by atoms with van der Waals surface area (Å²) >= 11 is 0. The smallest absolute Gasteiger partial charge is 0.339 e. The SMILES string of the molecule is CCOC(=O)c1c([Si](C)(C)C)cc(C)nc1C. The first kappa shape index (κ1) is 13.9. The number of rotatable bonds is 3. The normalized spacial score (nSPS) is 11.4. The average molecular weight is 251 g/mol. The number of aryl methyl sites for hydroxylation is 2. The first-order valence-electron chi connectivity index (χ1n) is 5.93. The molecule has 0 fully saturated rings. The van der Waals surface area contributed by atoms with E-state index in [1.807, 2.05) is 26.8 Å². The maximum atomic E-state index is 12.0.